The van der Waals surface area contributed by atoms with Gasteiger partial charge in [0.25, 0.3) is 0 Å². The lowest BCUT2D eigenvalue weighted by Gasteiger charge is -2.17. The van der Waals surface area contributed by atoms with Gasteiger partial charge in [0, 0.05) is 12.6 Å². The molecule has 0 bridgehead atoms. The van der Waals surface area contributed by atoms with Gasteiger partial charge in [-0.3, -0.25) is 0 Å². The van der Waals surface area contributed by atoms with Crippen LogP contribution in [0.15, 0.2) is 30.6 Å². The van der Waals surface area contributed by atoms with Crippen LogP contribution in [0, 0.1) is 5.92 Å². The summed E-state index contributed by atoms with van der Waals surface area (Å²) in [6, 6.07) is 8.91. The molecule has 0 aliphatic heterocycles. The summed E-state index contributed by atoms with van der Waals surface area (Å²) in [6.45, 7) is 1.02. The number of fused-ring (bicyclic) bond motifs is 1. The van der Waals surface area contributed by atoms with E-state index in [2.05, 4.69) is 40.1 Å². The van der Waals surface area contributed by atoms with Crippen LogP contribution in [0.25, 0.3) is 11.0 Å². The monoisotopic (exact) mass is 243 g/mol. The van der Waals surface area contributed by atoms with Crippen LogP contribution in [0.1, 0.15) is 25.7 Å². The molecule has 0 amide bonds. The Morgan fingerprint density at radius 2 is 2.22 bits per heavy atom. The van der Waals surface area contributed by atoms with Gasteiger partial charge in [-0.25, -0.2) is 4.98 Å². The van der Waals surface area contributed by atoms with E-state index in [1.165, 1.54) is 31.2 Å². The summed E-state index contributed by atoms with van der Waals surface area (Å²) >= 11 is 0. The van der Waals surface area contributed by atoms with Crippen molar-refractivity contribution in [3.05, 3.63) is 30.6 Å². The molecular weight excluding hydrogens is 222 g/mol. The molecule has 0 spiro atoms. The van der Waals surface area contributed by atoms with Crippen molar-refractivity contribution in [3.8, 4) is 0 Å². The third-order valence-corrected chi connectivity index (χ3v) is 3.97. The molecular formula is C15H21N3. The van der Waals surface area contributed by atoms with Gasteiger partial charge in [0.05, 0.1) is 17.4 Å². The molecule has 96 valence electrons. The average molecular weight is 243 g/mol. The van der Waals surface area contributed by atoms with E-state index in [0.717, 1.165) is 18.0 Å². The molecule has 0 radical (unpaired) electrons. The van der Waals surface area contributed by atoms with E-state index in [1.807, 2.05) is 12.4 Å². The van der Waals surface area contributed by atoms with Crippen LogP contribution in [0.2, 0.25) is 0 Å². The Morgan fingerprint density at radius 3 is 3.00 bits per heavy atom. The molecule has 1 aromatic carbocycles. The maximum absolute atomic E-state index is 4.45. The quantitative estimate of drug-likeness (QED) is 0.845. The smallest absolute Gasteiger partial charge is 0.0958 e. The molecule has 1 saturated carbocycles. The van der Waals surface area contributed by atoms with Crippen LogP contribution in [0.4, 0.5) is 0 Å². The zero-order valence-corrected chi connectivity index (χ0v) is 11.0. The average Bonchev–Trinajstić information content (AvgIpc) is 3.15. The Hall–Kier alpha value is -1.35. The zero-order chi connectivity index (χ0) is 12.4. The molecule has 3 heteroatoms. The first kappa shape index (κ1) is 11.7. The normalized spacial score (nSPS) is 17.2. The van der Waals surface area contributed by atoms with Gasteiger partial charge in [0.15, 0.2) is 0 Å². The van der Waals surface area contributed by atoms with E-state index < -0.39 is 0 Å². The summed E-state index contributed by atoms with van der Waals surface area (Å²) in [7, 11) is 2.07. The van der Waals surface area contributed by atoms with E-state index in [9.17, 15) is 0 Å². The standard InChI is InChI=1S/C15H21N3/c1-16-13(9-8-12-6-7-12)10-18-11-17-14-4-2-3-5-15(14)18/h2-5,11-13,16H,6-10H2,1H3. The second-order valence-corrected chi connectivity index (χ2v) is 5.39. The number of nitrogens with one attached hydrogen (secondary N) is 1. The highest BCUT2D eigenvalue weighted by Crippen LogP contribution is 2.34. The molecule has 1 N–H and O–H groups in total. The number of hydrogen-bond acceptors (Lipinski definition) is 2. The van der Waals surface area contributed by atoms with Gasteiger partial charge < -0.3 is 9.88 Å². The minimum Gasteiger partial charge on any atom is -0.329 e. The first-order chi connectivity index (χ1) is 8.86. The maximum Gasteiger partial charge on any atom is 0.0958 e. The highest BCUT2D eigenvalue weighted by atomic mass is 15.1. The number of benzene rings is 1. The number of rotatable bonds is 6. The highest BCUT2D eigenvalue weighted by Gasteiger charge is 2.22. The van der Waals surface area contributed by atoms with E-state index >= 15 is 0 Å². The topological polar surface area (TPSA) is 29.9 Å². The number of hydrogen-bond donors (Lipinski definition) is 1. The van der Waals surface area contributed by atoms with E-state index in [0.29, 0.717) is 6.04 Å². The van der Waals surface area contributed by atoms with Crippen molar-refractivity contribution in [2.24, 2.45) is 5.92 Å². The van der Waals surface area contributed by atoms with Gasteiger partial charge >= 0.3 is 0 Å². The Morgan fingerprint density at radius 1 is 1.39 bits per heavy atom. The van der Waals surface area contributed by atoms with Crippen molar-refractivity contribution < 1.29 is 0 Å². The second-order valence-electron chi connectivity index (χ2n) is 5.39. The number of nitrogens with zero attached hydrogens (tertiary/aromatic N) is 2. The minimum absolute atomic E-state index is 0.559. The molecule has 1 fully saturated rings. The third-order valence-electron chi connectivity index (χ3n) is 3.97. The SMILES string of the molecule is CNC(CCC1CC1)Cn1cnc2ccccc21. The molecule has 0 saturated heterocycles. The lowest BCUT2D eigenvalue weighted by Crippen LogP contribution is -2.30. The van der Waals surface area contributed by atoms with E-state index in [1.54, 1.807) is 0 Å². The molecule has 1 unspecified atom stereocenters. The van der Waals surface area contributed by atoms with Crippen LogP contribution in [0.3, 0.4) is 0 Å². The first-order valence-corrected chi connectivity index (χ1v) is 6.94. The zero-order valence-electron chi connectivity index (χ0n) is 11.0. The summed E-state index contributed by atoms with van der Waals surface area (Å²) in [5.74, 6) is 1.01. The Labute approximate surface area is 108 Å². The Bertz CT molecular complexity index is 513. The molecule has 1 aromatic heterocycles. The molecule has 1 aliphatic rings. The summed E-state index contributed by atoms with van der Waals surface area (Å²) < 4.78 is 2.27. The summed E-state index contributed by atoms with van der Waals surface area (Å²) in [6.07, 6.45) is 7.51. The Balaban J connectivity index is 1.69. The largest absolute Gasteiger partial charge is 0.329 e. The van der Waals surface area contributed by atoms with Gasteiger partial charge in [-0.1, -0.05) is 25.0 Å². The van der Waals surface area contributed by atoms with Gasteiger partial charge in [-0.2, -0.15) is 0 Å². The number of aromatic nitrogens is 2. The number of likely N-dealkylation sites (N-methyl/N-ethyl adjacent to an activating group) is 1. The van der Waals surface area contributed by atoms with Crippen LogP contribution >= 0.6 is 0 Å². The lowest BCUT2D eigenvalue weighted by atomic mass is 10.1. The molecule has 1 atom stereocenters. The van der Waals surface area contributed by atoms with Crippen LogP contribution in [0.5, 0.6) is 0 Å². The summed E-state index contributed by atoms with van der Waals surface area (Å²) in [4.78, 5) is 4.45. The lowest BCUT2D eigenvalue weighted by molar-refractivity contribution is 0.435. The minimum atomic E-state index is 0.559. The summed E-state index contributed by atoms with van der Waals surface area (Å²) in [5.41, 5.74) is 2.33. The van der Waals surface area contributed by atoms with Crippen molar-refractivity contribution in [2.45, 2.75) is 38.3 Å². The van der Waals surface area contributed by atoms with Gasteiger partial charge in [-0.15, -0.1) is 0 Å². The Kier molecular flexibility index (Phi) is 3.33. The molecule has 3 rings (SSSR count). The maximum atomic E-state index is 4.45. The number of para-hydroxylation sites is 2. The predicted octanol–water partition coefficient (Wildman–Crippen LogP) is 2.81. The molecule has 3 nitrogen and oxygen atoms in total. The third kappa shape index (κ3) is 2.56. The van der Waals surface area contributed by atoms with Crippen molar-refractivity contribution in [1.29, 1.82) is 0 Å². The fraction of sp³-hybridized carbons (Fsp3) is 0.533. The molecule has 1 heterocycles. The fourth-order valence-electron chi connectivity index (χ4n) is 2.56. The second kappa shape index (κ2) is 5.11. The van der Waals surface area contributed by atoms with E-state index in [-0.39, 0.29) is 0 Å². The summed E-state index contributed by atoms with van der Waals surface area (Å²) in [5, 5.41) is 3.44. The van der Waals surface area contributed by atoms with Crippen molar-refractivity contribution in [2.75, 3.05) is 7.05 Å². The fourth-order valence-corrected chi connectivity index (χ4v) is 2.56. The van der Waals surface area contributed by atoms with Crippen molar-refractivity contribution in [1.82, 2.24) is 14.9 Å². The molecule has 18 heavy (non-hydrogen) atoms. The van der Waals surface area contributed by atoms with Crippen LogP contribution in [-0.2, 0) is 6.54 Å². The van der Waals surface area contributed by atoms with E-state index in [4.69, 9.17) is 0 Å². The van der Waals surface area contributed by atoms with Crippen LogP contribution in [-0.4, -0.2) is 22.6 Å². The number of imidazole rings is 1. The van der Waals surface area contributed by atoms with Crippen LogP contribution < -0.4 is 5.32 Å². The van der Waals surface area contributed by atoms with Crippen molar-refractivity contribution in [3.63, 3.8) is 0 Å². The van der Waals surface area contributed by atoms with Gasteiger partial charge in [-0.05, 0) is 37.9 Å². The first-order valence-electron chi connectivity index (χ1n) is 6.94. The molecule has 2 aromatic rings. The highest BCUT2D eigenvalue weighted by molar-refractivity contribution is 5.74. The van der Waals surface area contributed by atoms with Crippen molar-refractivity contribution >= 4 is 11.0 Å². The van der Waals surface area contributed by atoms with Gasteiger partial charge in [0.1, 0.15) is 0 Å². The van der Waals surface area contributed by atoms with Gasteiger partial charge in [0.2, 0.25) is 0 Å². The molecule has 1 aliphatic carbocycles. The predicted molar refractivity (Wildman–Crippen MR) is 74.5 cm³/mol.